The summed E-state index contributed by atoms with van der Waals surface area (Å²) in [6.45, 7) is 3.70. The Kier molecular flexibility index (Phi) is 2.84. The molecule has 0 saturated heterocycles. The standard InChI is InChI=1S/C5H8O3/c1-4(2)3-8-5(6)7/h3H2,1-2H3. The highest BCUT2D eigenvalue weighted by Gasteiger charge is 1.99. The van der Waals surface area contributed by atoms with E-state index in [1.54, 1.807) is 13.8 Å². The van der Waals surface area contributed by atoms with E-state index in [0.717, 1.165) is 5.92 Å². The van der Waals surface area contributed by atoms with E-state index >= 15 is 0 Å². The highest BCUT2D eigenvalue weighted by molar-refractivity contribution is 5.54. The van der Waals surface area contributed by atoms with Crippen molar-refractivity contribution in [3.05, 3.63) is 5.92 Å². The second-order valence-corrected chi connectivity index (χ2v) is 1.75. The molecular weight excluding hydrogens is 108 g/mol. The fourth-order valence-corrected chi connectivity index (χ4v) is 0.203. The molecule has 0 N–H and O–H groups in total. The molecule has 0 aliphatic carbocycles. The molecule has 0 rings (SSSR count). The molecule has 0 aliphatic rings. The summed E-state index contributed by atoms with van der Waals surface area (Å²) >= 11 is 0. The summed E-state index contributed by atoms with van der Waals surface area (Å²) in [6.07, 6.45) is -1.47. The van der Waals surface area contributed by atoms with Crippen LogP contribution >= 0.6 is 0 Å². The van der Waals surface area contributed by atoms with Gasteiger partial charge >= 0.3 is 0 Å². The van der Waals surface area contributed by atoms with Gasteiger partial charge < -0.3 is 14.6 Å². The van der Waals surface area contributed by atoms with E-state index in [0.29, 0.717) is 0 Å². The van der Waals surface area contributed by atoms with Crippen LogP contribution in [0.1, 0.15) is 13.8 Å². The van der Waals surface area contributed by atoms with E-state index in [1.165, 1.54) is 0 Å². The molecule has 3 heteroatoms. The number of carboxylic acid groups (broad SMARTS) is 1. The van der Waals surface area contributed by atoms with Gasteiger partial charge in [0.25, 0.3) is 6.16 Å². The van der Waals surface area contributed by atoms with Crippen molar-refractivity contribution < 1.29 is 14.6 Å². The van der Waals surface area contributed by atoms with Gasteiger partial charge in [-0.05, 0) is 0 Å². The molecule has 0 spiro atoms. The predicted octanol–water partition coefficient (Wildman–Crippen LogP) is -0.0394. The van der Waals surface area contributed by atoms with Gasteiger partial charge in [0.05, 0.1) is 13.8 Å². The molecule has 3 nitrogen and oxygen atoms in total. The van der Waals surface area contributed by atoms with Crippen LogP contribution in [0.5, 0.6) is 0 Å². The summed E-state index contributed by atoms with van der Waals surface area (Å²) in [4.78, 5) is 9.56. The third-order valence-electron chi connectivity index (χ3n) is 0.479. The molecule has 0 fully saturated rings. The first-order valence-corrected chi connectivity index (χ1v) is 2.25. The maximum Gasteiger partial charge on any atom is 0.255 e. The van der Waals surface area contributed by atoms with Gasteiger partial charge in [-0.1, -0.05) is 0 Å². The number of carbonyl (C=O) groups is 1. The summed E-state index contributed by atoms with van der Waals surface area (Å²) in [5, 5.41) is 9.56. The normalized spacial score (nSPS) is 8.25. The van der Waals surface area contributed by atoms with Crippen molar-refractivity contribution in [1.82, 2.24) is 0 Å². The Morgan fingerprint density at radius 2 is 2.25 bits per heavy atom. The van der Waals surface area contributed by atoms with E-state index in [1.807, 2.05) is 0 Å². The van der Waals surface area contributed by atoms with E-state index in [4.69, 9.17) is 0 Å². The molecule has 0 aromatic carbocycles. The molecule has 0 amide bonds. The van der Waals surface area contributed by atoms with Crippen LogP contribution in [0.4, 0.5) is 4.79 Å². The molecule has 0 heterocycles. The lowest BCUT2D eigenvalue weighted by Crippen LogP contribution is -2.24. The van der Waals surface area contributed by atoms with E-state index in [9.17, 15) is 9.90 Å². The van der Waals surface area contributed by atoms with Crippen LogP contribution in [0.2, 0.25) is 0 Å². The minimum atomic E-state index is -1.47. The second-order valence-electron chi connectivity index (χ2n) is 1.75. The summed E-state index contributed by atoms with van der Waals surface area (Å²) in [6, 6.07) is 0. The van der Waals surface area contributed by atoms with Gasteiger partial charge in [-0.2, -0.15) is 0 Å². The third kappa shape index (κ3) is 5.14. The molecule has 8 heavy (non-hydrogen) atoms. The molecule has 0 atom stereocenters. The smallest absolute Gasteiger partial charge is 0.255 e. The van der Waals surface area contributed by atoms with Crippen molar-refractivity contribution in [1.29, 1.82) is 0 Å². The number of hydrogen-bond donors (Lipinski definition) is 0. The molecule has 0 aliphatic heterocycles. The number of carbonyl (C=O) groups excluding carboxylic acids is 1. The van der Waals surface area contributed by atoms with Gasteiger partial charge in [0.2, 0.25) is 0 Å². The first-order chi connectivity index (χ1) is 3.63. The van der Waals surface area contributed by atoms with Crippen LogP contribution in [-0.2, 0) is 4.74 Å². The Balaban J connectivity index is 3.05. The molecule has 0 saturated carbocycles. The van der Waals surface area contributed by atoms with Crippen molar-refractivity contribution in [3.63, 3.8) is 0 Å². The maximum absolute atomic E-state index is 9.56. The maximum atomic E-state index is 9.56. The van der Waals surface area contributed by atoms with Gasteiger partial charge in [0.1, 0.15) is 5.92 Å². The first kappa shape index (κ1) is 7.14. The summed E-state index contributed by atoms with van der Waals surface area (Å²) in [7, 11) is 0. The number of rotatable bonds is 2. The number of hydrogen-bond acceptors (Lipinski definition) is 3. The third-order valence-corrected chi connectivity index (χ3v) is 0.479. The van der Waals surface area contributed by atoms with Crippen LogP contribution in [-0.4, -0.2) is 12.8 Å². The molecule has 46 valence electrons. The lowest BCUT2D eigenvalue weighted by atomic mass is 10.2. The topological polar surface area (TPSA) is 49.4 Å². The van der Waals surface area contributed by atoms with E-state index in [2.05, 4.69) is 4.74 Å². The quantitative estimate of drug-likeness (QED) is 0.375. The number of ether oxygens (including phenoxy) is 1. The lowest BCUT2D eigenvalue weighted by Gasteiger charge is -2.01. The first-order valence-electron chi connectivity index (χ1n) is 2.25. The van der Waals surface area contributed by atoms with Crippen molar-refractivity contribution in [2.24, 2.45) is 0 Å². The lowest BCUT2D eigenvalue weighted by molar-refractivity contribution is -0.282. The zero-order chi connectivity index (χ0) is 6.57. The van der Waals surface area contributed by atoms with Crippen LogP contribution in [0.3, 0.4) is 0 Å². The second kappa shape index (κ2) is 3.18. The highest BCUT2D eigenvalue weighted by atomic mass is 16.7. The average Bonchev–Trinajstić information content (AvgIpc) is 1.61. The molecule has 0 unspecified atom stereocenters. The van der Waals surface area contributed by atoms with Crippen molar-refractivity contribution in [2.45, 2.75) is 13.8 Å². The molecule has 0 aromatic heterocycles. The molecular formula is C5H8O3. The van der Waals surface area contributed by atoms with Crippen molar-refractivity contribution in [3.8, 4) is 0 Å². The Morgan fingerprint density at radius 3 is 2.38 bits per heavy atom. The fourth-order valence-electron chi connectivity index (χ4n) is 0.203. The zero-order valence-electron chi connectivity index (χ0n) is 4.93. The molecule has 0 aromatic rings. The van der Waals surface area contributed by atoms with Gasteiger partial charge in [-0.15, -0.1) is 0 Å². The van der Waals surface area contributed by atoms with Gasteiger partial charge in [0, 0.05) is 0 Å². The molecule has 0 bridgehead atoms. The largest absolute Gasteiger partial charge is 0.508 e. The van der Waals surface area contributed by atoms with Crippen LogP contribution in [0, 0.1) is 5.92 Å². The predicted molar refractivity (Wildman–Crippen MR) is 25.9 cm³/mol. The van der Waals surface area contributed by atoms with Gasteiger partial charge in [0.15, 0.2) is 6.61 Å². The Labute approximate surface area is 48.3 Å². The average molecular weight is 116 g/mol. The Hall–Kier alpha value is -0.860. The minimum Gasteiger partial charge on any atom is -0.508 e. The minimum absolute atomic E-state index is 0.141. The van der Waals surface area contributed by atoms with Crippen LogP contribution in [0.15, 0.2) is 0 Å². The van der Waals surface area contributed by atoms with Crippen molar-refractivity contribution in [2.75, 3.05) is 6.61 Å². The summed E-state index contributed by atoms with van der Waals surface area (Å²) in [5.41, 5.74) is 0. The van der Waals surface area contributed by atoms with E-state index in [-0.39, 0.29) is 6.61 Å². The van der Waals surface area contributed by atoms with Crippen LogP contribution in [0.25, 0.3) is 0 Å². The van der Waals surface area contributed by atoms with Gasteiger partial charge in [-0.25, -0.2) is 0 Å². The summed E-state index contributed by atoms with van der Waals surface area (Å²) in [5.74, 6) is 0.911. The Morgan fingerprint density at radius 1 is 1.75 bits per heavy atom. The van der Waals surface area contributed by atoms with E-state index < -0.39 is 6.16 Å². The summed E-state index contributed by atoms with van der Waals surface area (Å²) < 4.78 is 4.07. The highest BCUT2D eigenvalue weighted by Crippen LogP contribution is 1.93. The Bertz CT molecular complexity index is 77.7. The van der Waals surface area contributed by atoms with Crippen LogP contribution < -0.4 is 5.11 Å². The van der Waals surface area contributed by atoms with Crippen molar-refractivity contribution >= 4 is 6.16 Å². The fraction of sp³-hybridized carbons (Fsp3) is 0.600. The monoisotopic (exact) mass is 116 g/mol. The zero-order valence-corrected chi connectivity index (χ0v) is 4.93. The van der Waals surface area contributed by atoms with Gasteiger partial charge in [-0.3, -0.25) is 0 Å². The molecule has 0 radical (unpaired) electrons. The SMILES string of the molecule is C[C+](C)COC(=O)[O-].